The van der Waals surface area contributed by atoms with Crippen LogP contribution in [0.2, 0.25) is 0 Å². The highest BCUT2D eigenvalue weighted by molar-refractivity contribution is 7.89. The van der Waals surface area contributed by atoms with Gasteiger partial charge in [0.25, 0.3) is 0 Å². The summed E-state index contributed by atoms with van der Waals surface area (Å²) in [4.78, 5) is 1.16. The van der Waals surface area contributed by atoms with Gasteiger partial charge < -0.3 is 10.6 Å². The SMILES string of the molecule is C[C@H](NC(=S)C(=S)N[C@@H](C)c1ccccc1)c1ccccc1. The minimum absolute atomic E-state index is 0.125. The Bertz CT molecular complexity index is 569. The highest BCUT2D eigenvalue weighted by Crippen LogP contribution is 2.13. The summed E-state index contributed by atoms with van der Waals surface area (Å²) in [5, 5.41) is 6.56. The summed E-state index contributed by atoms with van der Waals surface area (Å²) in [5.41, 5.74) is 2.37. The second-order valence-electron chi connectivity index (χ2n) is 5.21. The van der Waals surface area contributed by atoms with Gasteiger partial charge in [-0.05, 0) is 25.0 Å². The molecular weight excluding hydrogens is 308 g/mol. The van der Waals surface area contributed by atoms with Gasteiger partial charge in [-0.15, -0.1) is 0 Å². The number of thiocarbonyl (C=S) groups is 2. The van der Waals surface area contributed by atoms with Crippen molar-refractivity contribution < 1.29 is 0 Å². The molecule has 2 N–H and O–H groups in total. The lowest BCUT2D eigenvalue weighted by Crippen LogP contribution is -2.39. The Morgan fingerprint density at radius 3 is 1.32 bits per heavy atom. The molecule has 4 heteroatoms. The molecule has 2 nitrogen and oxygen atoms in total. The average molecular weight is 329 g/mol. The third kappa shape index (κ3) is 4.61. The molecule has 0 saturated carbocycles. The zero-order valence-electron chi connectivity index (χ0n) is 12.7. The predicted octanol–water partition coefficient (Wildman–Crippen LogP) is 4.34. The van der Waals surface area contributed by atoms with Crippen molar-refractivity contribution in [1.82, 2.24) is 10.6 Å². The van der Waals surface area contributed by atoms with Gasteiger partial charge in [0.1, 0.15) is 9.98 Å². The second kappa shape index (κ2) is 8.01. The van der Waals surface area contributed by atoms with E-state index in [2.05, 4.69) is 48.7 Å². The highest BCUT2D eigenvalue weighted by atomic mass is 32.1. The van der Waals surface area contributed by atoms with Crippen molar-refractivity contribution >= 4 is 34.4 Å². The second-order valence-corrected chi connectivity index (χ2v) is 6.03. The third-order valence-electron chi connectivity index (χ3n) is 3.50. The van der Waals surface area contributed by atoms with Gasteiger partial charge in [0, 0.05) is 12.1 Å². The van der Waals surface area contributed by atoms with E-state index in [1.807, 2.05) is 36.4 Å². The first-order valence-corrected chi connectivity index (χ1v) is 8.11. The lowest BCUT2D eigenvalue weighted by atomic mass is 10.1. The molecule has 114 valence electrons. The van der Waals surface area contributed by atoms with E-state index in [1.165, 1.54) is 11.1 Å². The molecule has 0 spiro atoms. The van der Waals surface area contributed by atoms with Gasteiger partial charge >= 0.3 is 0 Å². The molecule has 0 heterocycles. The summed E-state index contributed by atoms with van der Waals surface area (Å²) in [7, 11) is 0. The van der Waals surface area contributed by atoms with Crippen LogP contribution < -0.4 is 10.6 Å². The Labute approximate surface area is 142 Å². The Morgan fingerprint density at radius 2 is 1.00 bits per heavy atom. The standard InChI is InChI=1S/C18H20N2S2/c1-13(15-9-5-3-6-10-15)19-17(21)18(22)20-14(2)16-11-7-4-8-12-16/h3-14H,1-2H3,(H,19,21)(H,20,22)/t13-,14-/m0/s1. The topological polar surface area (TPSA) is 24.1 Å². The molecule has 0 aliphatic rings. The number of rotatable bonds is 4. The fourth-order valence-corrected chi connectivity index (χ4v) is 2.65. The molecule has 0 bridgehead atoms. The smallest absolute Gasteiger partial charge is 0.134 e. The molecule has 2 rings (SSSR count). The quantitative estimate of drug-likeness (QED) is 0.815. The normalized spacial score (nSPS) is 13.0. The summed E-state index contributed by atoms with van der Waals surface area (Å²) in [6.45, 7) is 4.15. The van der Waals surface area contributed by atoms with E-state index in [-0.39, 0.29) is 12.1 Å². The van der Waals surface area contributed by atoms with Crippen molar-refractivity contribution in [3.8, 4) is 0 Å². The van der Waals surface area contributed by atoms with Crippen LogP contribution in [-0.4, -0.2) is 9.98 Å². The maximum atomic E-state index is 5.41. The van der Waals surface area contributed by atoms with Crippen molar-refractivity contribution in [2.75, 3.05) is 0 Å². The molecule has 0 amide bonds. The largest absolute Gasteiger partial charge is 0.367 e. The third-order valence-corrected chi connectivity index (χ3v) is 4.27. The fourth-order valence-electron chi connectivity index (χ4n) is 2.17. The Morgan fingerprint density at radius 1 is 0.682 bits per heavy atom. The molecule has 0 aliphatic heterocycles. The van der Waals surface area contributed by atoms with Gasteiger partial charge in [0.15, 0.2) is 0 Å². The van der Waals surface area contributed by atoms with Gasteiger partial charge in [-0.2, -0.15) is 0 Å². The van der Waals surface area contributed by atoms with Crippen LogP contribution in [0.3, 0.4) is 0 Å². The lowest BCUT2D eigenvalue weighted by Gasteiger charge is -2.20. The fraction of sp³-hybridized carbons (Fsp3) is 0.222. The Balaban J connectivity index is 1.91. The van der Waals surface area contributed by atoms with E-state index in [0.29, 0.717) is 9.98 Å². The number of nitrogens with one attached hydrogen (secondary N) is 2. The minimum Gasteiger partial charge on any atom is -0.367 e. The zero-order chi connectivity index (χ0) is 15.9. The van der Waals surface area contributed by atoms with E-state index in [1.54, 1.807) is 0 Å². The summed E-state index contributed by atoms with van der Waals surface area (Å²) in [6.07, 6.45) is 0. The van der Waals surface area contributed by atoms with Crippen molar-refractivity contribution in [3.05, 3.63) is 71.8 Å². The molecule has 2 atom stereocenters. The number of benzene rings is 2. The average Bonchev–Trinajstić information content (AvgIpc) is 2.56. The summed E-state index contributed by atoms with van der Waals surface area (Å²) in [5.74, 6) is 0. The van der Waals surface area contributed by atoms with Crippen LogP contribution in [0.25, 0.3) is 0 Å². The highest BCUT2D eigenvalue weighted by Gasteiger charge is 2.13. The summed E-state index contributed by atoms with van der Waals surface area (Å²) >= 11 is 10.8. The van der Waals surface area contributed by atoms with Gasteiger partial charge in [0.05, 0.1) is 0 Å². The van der Waals surface area contributed by atoms with Crippen LogP contribution in [0, 0.1) is 0 Å². The molecule has 2 aromatic carbocycles. The molecule has 0 aromatic heterocycles. The number of hydrogen-bond acceptors (Lipinski definition) is 2. The van der Waals surface area contributed by atoms with Crippen LogP contribution in [0.5, 0.6) is 0 Å². The maximum Gasteiger partial charge on any atom is 0.134 e. The van der Waals surface area contributed by atoms with Gasteiger partial charge in [0.2, 0.25) is 0 Å². The number of hydrogen-bond donors (Lipinski definition) is 2. The molecule has 0 aliphatic carbocycles. The monoisotopic (exact) mass is 328 g/mol. The van der Waals surface area contributed by atoms with Crippen LogP contribution in [-0.2, 0) is 0 Å². The van der Waals surface area contributed by atoms with Crippen LogP contribution in [0.15, 0.2) is 60.7 Å². The van der Waals surface area contributed by atoms with Gasteiger partial charge in [-0.3, -0.25) is 0 Å². The molecule has 2 aromatic rings. The van der Waals surface area contributed by atoms with Crippen molar-refractivity contribution in [1.29, 1.82) is 0 Å². The van der Waals surface area contributed by atoms with E-state index in [0.717, 1.165) is 0 Å². The van der Waals surface area contributed by atoms with E-state index in [9.17, 15) is 0 Å². The lowest BCUT2D eigenvalue weighted by molar-refractivity contribution is 0.710. The van der Waals surface area contributed by atoms with Crippen molar-refractivity contribution in [3.63, 3.8) is 0 Å². The van der Waals surface area contributed by atoms with E-state index < -0.39 is 0 Å². The molecule has 0 unspecified atom stereocenters. The molecule has 0 fully saturated rings. The first-order valence-electron chi connectivity index (χ1n) is 7.29. The summed E-state index contributed by atoms with van der Waals surface area (Å²) < 4.78 is 0. The zero-order valence-corrected chi connectivity index (χ0v) is 14.4. The molecule has 0 saturated heterocycles. The Hall–Kier alpha value is -1.78. The maximum absolute atomic E-state index is 5.41. The van der Waals surface area contributed by atoms with Crippen LogP contribution in [0.1, 0.15) is 37.1 Å². The first kappa shape index (κ1) is 16.6. The predicted molar refractivity (Wildman–Crippen MR) is 101 cm³/mol. The minimum atomic E-state index is 0.125. The Kier molecular flexibility index (Phi) is 6.04. The van der Waals surface area contributed by atoms with E-state index in [4.69, 9.17) is 24.4 Å². The first-order chi connectivity index (χ1) is 10.6. The summed E-state index contributed by atoms with van der Waals surface area (Å²) in [6, 6.07) is 20.6. The van der Waals surface area contributed by atoms with Crippen LogP contribution in [0.4, 0.5) is 0 Å². The van der Waals surface area contributed by atoms with Crippen molar-refractivity contribution in [2.45, 2.75) is 25.9 Å². The van der Waals surface area contributed by atoms with Crippen molar-refractivity contribution in [2.24, 2.45) is 0 Å². The molecule has 22 heavy (non-hydrogen) atoms. The van der Waals surface area contributed by atoms with Gasteiger partial charge in [-0.25, -0.2) is 0 Å². The molecular formula is C18H20N2S2. The van der Waals surface area contributed by atoms with Crippen LogP contribution >= 0.6 is 24.4 Å². The van der Waals surface area contributed by atoms with Gasteiger partial charge in [-0.1, -0.05) is 85.1 Å². The molecule has 0 radical (unpaired) electrons. The van der Waals surface area contributed by atoms with E-state index >= 15 is 0 Å².